The monoisotopic (exact) mass is 255 g/mol. The van der Waals surface area contributed by atoms with E-state index in [9.17, 15) is 4.79 Å². The fraction of sp³-hybridized carbons (Fsp3) is 0.467. The molecular weight excluding hydrogens is 238 g/mol. The van der Waals surface area contributed by atoms with Gasteiger partial charge in [0.25, 0.3) is 0 Å². The number of anilines is 1. The normalized spacial score (nSPS) is 25.2. The van der Waals surface area contributed by atoms with Gasteiger partial charge in [-0.3, -0.25) is 9.69 Å². The molecule has 2 atom stereocenters. The van der Waals surface area contributed by atoms with Crippen LogP contribution in [0.5, 0.6) is 0 Å². The summed E-state index contributed by atoms with van der Waals surface area (Å²) < 4.78 is 0. The van der Waals surface area contributed by atoms with Crippen molar-refractivity contribution in [3.05, 3.63) is 29.8 Å². The first-order valence-electron chi connectivity index (χ1n) is 6.79. The molecule has 1 heterocycles. The van der Waals surface area contributed by atoms with Crippen LogP contribution in [0.4, 0.5) is 5.69 Å². The average molecular weight is 255 g/mol. The number of nitriles is 1. The minimum absolute atomic E-state index is 0.0183. The topological polar surface area (TPSA) is 56.1 Å². The average Bonchev–Trinajstić information content (AvgIpc) is 3.01. The van der Waals surface area contributed by atoms with Crippen LogP contribution in [0.1, 0.15) is 24.8 Å². The number of likely N-dealkylation sites (tertiary alicyclic amines) is 1. The van der Waals surface area contributed by atoms with E-state index in [1.165, 1.54) is 19.3 Å². The third-order valence-corrected chi connectivity index (χ3v) is 4.19. The maximum absolute atomic E-state index is 12.1. The molecule has 1 N–H and O–H groups in total. The summed E-state index contributed by atoms with van der Waals surface area (Å²) >= 11 is 0. The quantitative estimate of drug-likeness (QED) is 0.898. The van der Waals surface area contributed by atoms with Crippen LogP contribution in [0.15, 0.2) is 24.3 Å². The van der Waals surface area contributed by atoms with Crippen molar-refractivity contribution in [2.24, 2.45) is 5.92 Å². The van der Waals surface area contributed by atoms with E-state index in [1.54, 1.807) is 18.2 Å². The molecule has 2 aliphatic rings. The Morgan fingerprint density at radius 3 is 2.95 bits per heavy atom. The zero-order valence-corrected chi connectivity index (χ0v) is 10.8. The summed E-state index contributed by atoms with van der Waals surface area (Å²) in [6.07, 6.45) is 3.80. The number of nitrogens with one attached hydrogen (secondary N) is 1. The summed E-state index contributed by atoms with van der Waals surface area (Å²) in [7, 11) is 0. The highest BCUT2D eigenvalue weighted by Gasteiger charge is 2.38. The number of amides is 1. The van der Waals surface area contributed by atoms with Crippen molar-refractivity contribution in [3.8, 4) is 6.07 Å². The lowest BCUT2D eigenvalue weighted by molar-refractivity contribution is -0.117. The molecule has 19 heavy (non-hydrogen) atoms. The molecule has 3 rings (SSSR count). The fourth-order valence-corrected chi connectivity index (χ4v) is 3.28. The predicted molar refractivity (Wildman–Crippen MR) is 72.5 cm³/mol. The van der Waals surface area contributed by atoms with Crippen molar-refractivity contribution in [2.75, 3.05) is 18.4 Å². The summed E-state index contributed by atoms with van der Waals surface area (Å²) in [6.45, 7) is 1.50. The Morgan fingerprint density at radius 1 is 1.42 bits per heavy atom. The molecule has 1 aromatic rings. The summed E-state index contributed by atoms with van der Waals surface area (Å²) in [6, 6.07) is 9.81. The van der Waals surface area contributed by atoms with E-state index >= 15 is 0 Å². The minimum atomic E-state index is -0.0183. The molecule has 98 valence electrons. The first kappa shape index (κ1) is 12.2. The molecule has 1 aromatic carbocycles. The van der Waals surface area contributed by atoms with Gasteiger partial charge in [-0.1, -0.05) is 12.1 Å². The first-order valence-corrected chi connectivity index (χ1v) is 6.79. The summed E-state index contributed by atoms with van der Waals surface area (Å²) in [4.78, 5) is 14.3. The van der Waals surface area contributed by atoms with Crippen molar-refractivity contribution < 1.29 is 4.79 Å². The fourth-order valence-electron chi connectivity index (χ4n) is 3.28. The van der Waals surface area contributed by atoms with Crippen LogP contribution in [0.25, 0.3) is 0 Å². The minimum Gasteiger partial charge on any atom is -0.324 e. The van der Waals surface area contributed by atoms with Crippen molar-refractivity contribution in [1.82, 2.24) is 4.90 Å². The second kappa shape index (κ2) is 5.02. The Balaban J connectivity index is 1.61. The van der Waals surface area contributed by atoms with E-state index in [1.807, 2.05) is 6.07 Å². The largest absolute Gasteiger partial charge is 0.324 e. The van der Waals surface area contributed by atoms with Crippen LogP contribution in [-0.2, 0) is 4.79 Å². The van der Waals surface area contributed by atoms with E-state index in [0.29, 0.717) is 23.8 Å². The highest BCUT2D eigenvalue weighted by molar-refractivity contribution is 5.93. The zero-order chi connectivity index (χ0) is 13.2. The molecule has 4 nitrogen and oxygen atoms in total. The van der Waals surface area contributed by atoms with Gasteiger partial charge in [0.05, 0.1) is 17.8 Å². The number of hydrogen-bond donors (Lipinski definition) is 1. The number of carbonyl (C=O) groups excluding carboxylic acids is 1. The number of fused-ring (bicyclic) bond motifs is 2. The second-order valence-electron chi connectivity index (χ2n) is 5.47. The Hall–Kier alpha value is -1.86. The number of hydrogen-bond acceptors (Lipinski definition) is 3. The lowest BCUT2D eigenvalue weighted by Gasteiger charge is -2.25. The van der Waals surface area contributed by atoms with Crippen molar-refractivity contribution in [2.45, 2.75) is 25.3 Å². The van der Waals surface area contributed by atoms with Crippen LogP contribution < -0.4 is 5.32 Å². The molecule has 1 aliphatic heterocycles. The standard InChI is InChI=1S/C15H17N3O/c16-8-12-3-1-2-4-14(12)17-15(19)10-18-9-11-5-6-13(18)7-11/h1-4,11,13H,5-7,9-10H2,(H,17,19). The smallest absolute Gasteiger partial charge is 0.238 e. The maximum atomic E-state index is 12.1. The lowest BCUT2D eigenvalue weighted by atomic mass is 10.1. The van der Waals surface area contributed by atoms with Gasteiger partial charge in [0.1, 0.15) is 6.07 Å². The molecule has 0 spiro atoms. The summed E-state index contributed by atoms with van der Waals surface area (Å²) in [5, 5.41) is 11.8. The van der Waals surface area contributed by atoms with Gasteiger partial charge in [-0.25, -0.2) is 0 Å². The van der Waals surface area contributed by atoms with Crippen LogP contribution in [0.2, 0.25) is 0 Å². The molecule has 4 heteroatoms. The highest BCUT2D eigenvalue weighted by Crippen LogP contribution is 2.36. The molecule has 2 fully saturated rings. The Bertz CT molecular complexity index is 534. The van der Waals surface area contributed by atoms with E-state index in [2.05, 4.69) is 16.3 Å². The molecular formula is C15H17N3O. The van der Waals surface area contributed by atoms with Gasteiger partial charge in [-0.15, -0.1) is 0 Å². The molecule has 0 radical (unpaired) electrons. The maximum Gasteiger partial charge on any atom is 0.238 e. The number of piperidine rings is 1. The number of carbonyl (C=O) groups is 1. The van der Waals surface area contributed by atoms with Crippen molar-refractivity contribution in [3.63, 3.8) is 0 Å². The van der Waals surface area contributed by atoms with E-state index < -0.39 is 0 Å². The Morgan fingerprint density at radius 2 is 2.26 bits per heavy atom. The van der Waals surface area contributed by atoms with Crippen molar-refractivity contribution >= 4 is 11.6 Å². The molecule has 1 amide bonds. The van der Waals surface area contributed by atoms with Gasteiger partial charge in [0.2, 0.25) is 5.91 Å². The molecule has 1 saturated carbocycles. The number of para-hydroxylation sites is 1. The van der Waals surface area contributed by atoms with E-state index in [0.717, 1.165) is 12.5 Å². The van der Waals surface area contributed by atoms with E-state index in [4.69, 9.17) is 5.26 Å². The molecule has 1 saturated heterocycles. The summed E-state index contributed by atoms with van der Waals surface area (Å²) in [5.74, 6) is 0.777. The predicted octanol–water partition coefficient (Wildman–Crippen LogP) is 1.98. The molecule has 0 aromatic heterocycles. The van der Waals surface area contributed by atoms with Gasteiger partial charge >= 0.3 is 0 Å². The number of nitrogens with zero attached hydrogens (tertiary/aromatic N) is 2. The van der Waals surface area contributed by atoms with Gasteiger partial charge in [0.15, 0.2) is 0 Å². The number of benzene rings is 1. The Labute approximate surface area is 113 Å². The molecule has 1 aliphatic carbocycles. The molecule has 2 bridgehead atoms. The third kappa shape index (κ3) is 2.47. The van der Waals surface area contributed by atoms with Crippen molar-refractivity contribution in [1.29, 1.82) is 5.26 Å². The van der Waals surface area contributed by atoms with Crippen LogP contribution in [0.3, 0.4) is 0 Å². The van der Waals surface area contributed by atoms with Gasteiger partial charge in [0, 0.05) is 12.6 Å². The second-order valence-corrected chi connectivity index (χ2v) is 5.47. The van der Waals surface area contributed by atoms with Crippen LogP contribution in [-0.4, -0.2) is 29.9 Å². The van der Waals surface area contributed by atoms with Crippen LogP contribution >= 0.6 is 0 Å². The molecule has 2 unspecified atom stereocenters. The zero-order valence-electron chi connectivity index (χ0n) is 10.8. The summed E-state index contributed by atoms with van der Waals surface area (Å²) in [5.41, 5.74) is 1.12. The SMILES string of the molecule is N#Cc1ccccc1NC(=O)CN1CC2CCC1C2. The Kier molecular flexibility index (Phi) is 3.22. The third-order valence-electron chi connectivity index (χ3n) is 4.19. The van der Waals surface area contributed by atoms with E-state index in [-0.39, 0.29) is 5.91 Å². The van der Waals surface area contributed by atoms with Crippen LogP contribution in [0, 0.1) is 17.2 Å². The van der Waals surface area contributed by atoms with Gasteiger partial charge in [-0.2, -0.15) is 5.26 Å². The lowest BCUT2D eigenvalue weighted by Crippen LogP contribution is -2.38. The number of rotatable bonds is 3. The van der Waals surface area contributed by atoms with Gasteiger partial charge in [-0.05, 0) is 37.3 Å². The van der Waals surface area contributed by atoms with Gasteiger partial charge < -0.3 is 5.32 Å². The first-order chi connectivity index (χ1) is 9.26. The highest BCUT2D eigenvalue weighted by atomic mass is 16.2.